The molecular formula is C38H60O12. The van der Waals surface area contributed by atoms with Gasteiger partial charge in [0.2, 0.25) is 5.79 Å². The van der Waals surface area contributed by atoms with E-state index in [1.165, 1.54) is 13.8 Å². The molecule has 4 N–H and O–H groups in total. The highest BCUT2D eigenvalue weighted by molar-refractivity contribution is 5.70. The number of allylic oxidation sites excluding steroid dienone is 2. The number of rotatable bonds is 3. The topological polar surface area (TPSA) is 170 Å². The Balaban J connectivity index is 1.79. The number of methoxy groups -OCH3 is 1. The first-order valence-corrected chi connectivity index (χ1v) is 18.0. The highest BCUT2D eigenvalue weighted by Crippen LogP contribution is 2.50. The van der Waals surface area contributed by atoms with Gasteiger partial charge in [-0.05, 0) is 45.6 Å². The van der Waals surface area contributed by atoms with E-state index in [2.05, 4.69) is 0 Å². The normalized spacial score (nSPS) is 42.6. The molecule has 0 aliphatic carbocycles. The second-order valence-electron chi connectivity index (χ2n) is 15.7. The van der Waals surface area contributed by atoms with Gasteiger partial charge in [-0.15, -0.1) is 0 Å². The summed E-state index contributed by atoms with van der Waals surface area (Å²) in [6, 6.07) is 0. The van der Waals surface area contributed by atoms with E-state index in [9.17, 15) is 30.0 Å². The van der Waals surface area contributed by atoms with Gasteiger partial charge in [0.15, 0.2) is 11.9 Å². The van der Waals surface area contributed by atoms with Gasteiger partial charge in [0, 0.05) is 50.5 Å². The minimum Gasteiger partial charge on any atom is -0.459 e. The standard InChI is InChI=1S/C38H60O12/c1-10-24-14-27-12-13-35(5,6)38(44)34(46-23(4)40)25(11-2)16-28(50-38)19-31(22(3)39)48-33(42)18-26(41)17-29-20-32(45-9)36(7,8)37(43,49-29)21-30(15-24)47-27/h10-13,22,26-32,34,39,41,43-44H,14-21H2,1-9H3/b13-12+,24-10+,25-11+. The largest absolute Gasteiger partial charge is 0.459 e. The van der Waals surface area contributed by atoms with Crippen LogP contribution >= 0.6 is 0 Å². The van der Waals surface area contributed by atoms with E-state index in [0.717, 1.165) is 5.57 Å². The van der Waals surface area contributed by atoms with Crippen LogP contribution in [0.1, 0.15) is 107 Å². The summed E-state index contributed by atoms with van der Waals surface area (Å²) in [7, 11) is 1.58. The summed E-state index contributed by atoms with van der Waals surface area (Å²) in [5.74, 6) is -5.10. The average molecular weight is 709 g/mol. The van der Waals surface area contributed by atoms with Crippen LogP contribution in [0.15, 0.2) is 35.5 Å². The molecule has 0 spiro atoms. The minimum absolute atomic E-state index is 0.0210. The molecule has 50 heavy (non-hydrogen) atoms. The number of fused-ring (bicyclic) bond motifs is 6. The van der Waals surface area contributed by atoms with Gasteiger partial charge in [-0.2, -0.15) is 0 Å². The van der Waals surface area contributed by atoms with Crippen LogP contribution in [0.2, 0.25) is 0 Å². The molecule has 0 aromatic heterocycles. The fourth-order valence-corrected chi connectivity index (χ4v) is 7.92. The number of carbonyl (C=O) groups excluding carboxylic acids is 2. The first-order chi connectivity index (χ1) is 23.3. The molecule has 3 fully saturated rings. The Morgan fingerprint density at radius 3 is 2.28 bits per heavy atom. The maximum Gasteiger partial charge on any atom is 0.308 e. The molecule has 12 heteroatoms. The lowest BCUT2D eigenvalue weighted by atomic mass is 9.70. The summed E-state index contributed by atoms with van der Waals surface area (Å²) in [6.45, 7) is 13.8. The third kappa shape index (κ3) is 8.71. The number of carbonyl (C=O) groups is 2. The molecule has 284 valence electrons. The van der Waals surface area contributed by atoms with Gasteiger partial charge in [0.25, 0.3) is 0 Å². The Hall–Kier alpha value is -2.16. The lowest BCUT2D eigenvalue weighted by molar-refractivity contribution is -0.350. The van der Waals surface area contributed by atoms with Gasteiger partial charge < -0.3 is 48.8 Å². The number of hydrogen-bond donors (Lipinski definition) is 4. The second kappa shape index (κ2) is 15.8. The summed E-state index contributed by atoms with van der Waals surface area (Å²) < 4.78 is 36.7. The van der Waals surface area contributed by atoms with Crippen molar-refractivity contribution in [1.29, 1.82) is 0 Å². The Bertz CT molecular complexity index is 1300. The van der Waals surface area contributed by atoms with E-state index in [0.29, 0.717) is 24.8 Å². The van der Waals surface area contributed by atoms with E-state index in [1.54, 1.807) is 40.0 Å². The van der Waals surface area contributed by atoms with E-state index < -0.39 is 89.3 Å². The van der Waals surface area contributed by atoms with Crippen LogP contribution in [0.25, 0.3) is 0 Å². The first kappa shape index (κ1) is 40.6. The van der Waals surface area contributed by atoms with E-state index >= 15 is 0 Å². The number of cyclic esters (lactones) is 1. The van der Waals surface area contributed by atoms with E-state index in [-0.39, 0.29) is 32.1 Å². The Morgan fingerprint density at radius 2 is 1.68 bits per heavy atom. The molecule has 4 heterocycles. The second-order valence-corrected chi connectivity index (χ2v) is 15.7. The van der Waals surface area contributed by atoms with Gasteiger partial charge >= 0.3 is 11.9 Å². The van der Waals surface area contributed by atoms with Crippen molar-refractivity contribution in [3.63, 3.8) is 0 Å². The van der Waals surface area contributed by atoms with Crippen LogP contribution < -0.4 is 0 Å². The summed E-state index contributed by atoms with van der Waals surface area (Å²) >= 11 is 0. The van der Waals surface area contributed by atoms with Crippen molar-refractivity contribution < 1.29 is 58.4 Å². The van der Waals surface area contributed by atoms with Crippen molar-refractivity contribution in [2.75, 3.05) is 7.11 Å². The van der Waals surface area contributed by atoms with Crippen LogP contribution in [0.4, 0.5) is 0 Å². The van der Waals surface area contributed by atoms with Crippen molar-refractivity contribution in [2.24, 2.45) is 10.8 Å². The van der Waals surface area contributed by atoms with Crippen molar-refractivity contribution >= 4 is 11.9 Å². The Morgan fingerprint density at radius 1 is 0.980 bits per heavy atom. The minimum atomic E-state index is -2.07. The third-order valence-corrected chi connectivity index (χ3v) is 11.2. The van der Waals surface area contributed by atoms with Crippen molar-refractivity contribution in [2.45, 2.75) is 173 Å². The zero-order valence-electron chi connectivity index (χ0n) is 31.2. The van der Waals surface area contributed by atoms with Crippen LogP contribution in [0.5, 0.6) is 0 Å². The van der Waals surface area contributed by atoms with E-state index in [1.807, 2.05) is 32.9 Å². The zero-order chi connectivity index (χ0) is 37.2. The fraction of sp³-hybridized carbons (Fsp3) is 0.789. The monoisotopic (exact) mass is 708 g/mol. The van der Waals surface area contributed by atoms with Gasteiger partial charge in [-0.1, -0.05) is 57.6 Å². The van der Waals surface area contributed by atoms with Crippen LogP contribution in [0, 0.1) is 10.8 Å². The summed E-state index contributed by atoms with van der Waals surface area (Å²) in [6.07, 6.45) is 2.01. The molecule has 4 aliphatic heterocycles. The zero-order valence-corrected chi connectivity index (χ0v) is 31.2. The molecule has 12 nitrogen and oxygen atoms in total. The highest BCUT2D eigenvalue weighted by Gasteiger charge is 2.58. The number of aliphatic hydroxyl groups is 4. The maximum atomic E-state index is 13.2. The lowest BCUT2D eigenvalue weighted by Crippen LogP contribution is -2.62. The molecule has 6 bridgehead atoms. The summed E-state index contributed by atoms with van der Waals surface area (Å²) in [5.41, 5.74) is -0.273. The van der Waals surface area contributed by atoms with Crippen molar-refractivity contribution in [3.8, 4) is 0 Å². The van der Waals surface area contributed by atoms with Gasteiger partial charge in [0.1, 0.15) is 6.10 Å². The SMILES string of the molecule is C/C=C1\CC2/C=C/C(C)(C)C3(O)OC(C/C(=C\C)C3OC(C)=O)CC(C(C)O)OC(=O)CC(O)CC3CC(OC)C(C)(C)C(O)(CC(C1)O2)O3. The maximum absolute atomic E-state index is 13.2. The quantitative estimate of drug-likeness (QED) is 0.244. The number of aliphatic hydroxyl groups excluding tert-OH is 2. The smallest absolute Gasteiger partial charge is 0.308 e. The van der Waals surface area contributed by atoms with Crippen LogP contribution in [-0.2, 0) is 38.0 Å². The molecule has 0 amide bonds. The first-order valence-electron chi connectivity index (χ1n) is 18.0. The van der Waals surface area contributed by atoms with Gasteiger partial charge in [0.05, 0.1) is 49.1 Å². The molecule has 0 radical (unpaired) electrons. The predicted molar refractivity (Wildman–Crippen MR) is 183 cm³/mol. The molecule has 0 aromatic carbocycles. The number of ether oxygens (including phenoxy) is 6. The lowest BCUT2D eigenvalue weighted by Gasteiger charge is -2.54. The fourth-order valence-electron chi connectivity index (χ4n) is 7.92. The third-order valence-electron chi connectivity index (χ3n) is 11.2. The Kier molecular flexibility index (Phi) is 12.9. The molecule has 3 saturated heterocycles. The average Bonchev–Trinajstić information content (AvgIpc) is 3.01. The molecule has 11 atom stereocenters. The van der Waals surface area contributed by atoms with Crippen LogP contribution in [-0.4, -0.2) is 106 Å². The van der Waals surface area contributed by atoms with Crippen LogP contribution in [0.3, 0.4) is 0 Å². The molecule has 0 saturated carbocycles. The molecule has 4 aliphatic rings. The summed E-state index contributed by atoms with van der Waals surface area (Å²) in [4.78, 5) is 25.5. The van der Waals surface area contributed by atoms with Gasteiger partial charge in [-0.3, -0.25) is 9.59 Å². The molecule has 4 rings (SSSR count). The van der Waals surface area contributed by atoms with E-state index in [4.69, 9.17) is 28.4 Å². The van der Waals surface area contributed by atoms with Gasteiger partial charge in [-0.25, -0.2) is 0 Å². The molecule has 0 aromatic rings. The number of esters is 2. The predicted octanol–water partition coefficient (Wildman–Crippen LogP) is 4.16. The highest BCUT2D eigenvalue weighted by atomic mass is 16.7. The Labute approximate surface area is 296 Å². The number of hydrogen-bond acceptors (Lipinski definition) is 12. The van der Waals surface area contributed by atoms with Crippen molar-refractivity contribution in [3.05, 3.63) is 35.5 Å². The summed E-state index contributed by atoms with van der Waals surface area (Å²) in [5, 5.41) is 46.4. The molecular weight excluding hydrogens is 648 g/mol. The van der Waals surface area contributed by atoms with Crippen molar-refractivity contribution in [1.82, 2.24) is 0 Å². The molecule has 11 unspecified atom stereocenters.